The smallest absolute Gasteiger partial charge is 0.279 e. The number of carbonyl (C=O) groups excluding carboxylic acids is 3. The molecule has 4 rings (SSSR count). The largest absolute Gasteiger partial charge is 0.472 e. The van der Waals surface area contributed by atoms with Crippen LogP contribution in [0.5, 0.6) is 0 Å². The summed E-state index contributed by atoms with van der Waals surface area (Å²) in [6.07, 6.45) is 7.49. The average molecular weight is 387 g/mol. The van der Waals surface area contributed by atoms with Gasteiger partial charge in [-0.2, -0.15) is 0 Å². The fraction of sp³-hybridized carbons (Fsp3) is 0.421. The second-order valence-electron chi connectivity index (χ2n) is 6.96. The summed E-state index contributed by atoms with van der Waals surface area (Å²) in [4.78, 5) is 40.7. The lowest BCUT2D eigenvalue weighted by Gasteiger charge is -2.31. The third-order valence-corrected chi connectivity index (χ3v) is 6.35. The van der Waals surface area contributed by atoms with E-state index in [1.54, 1.807) is 11.0 Å². The van der Waals surface area contributed by atoms with Gasteiger partial charge in [-0.1, -0.05) is 0 Å². The SMILES string of the molecule is O=C(NNC(=O)[C@H]1CCCN(C(=O)c2ccoc2)C1)c1cc2c(s1)CCC2. The maximum absolute atomic E-state index is 12.4. The molecule has 0 unspecified atom stereocenters. The van der Waals surface area contributed by atoms with E-state index < -0.39 is 0 Å². The van der Waals surface area contributed by atoms with Crippen LogP contribution in [0, 0.1) is 5.92 Å². The molecule has 0 spiro atoms. The van der Waals surface area contributed by atoms with Crippen LogP contribution in [-0.4, -0.2) is 35.7 Å². The van der Waals surface area contributed by atoms with Crippen molar-refractivity contribution < 1.29 is 18.8 Å². The molecule has 2 N–H and O–H groups in total. The normalized spacial score (nSPS) is 18.8. The van der Waals surface area contributed by atoms with Gasteiger partial charge in [-0.25, -0.2) is 0 Å². The Morgan fingerprint density at radius 2 is 2.07 bits per heavy atom. The highest BCUT2D eigenvalue weighted by Crippen LogP contribution is 2.30. The molecule has 7 nitrogen and oxygen atoms in total. The van der Waals surface area contributed by atoms with Crippen LogP contribution in [0.25, 0.3) is 0 Å². The van der Waals surface area contributed by atoms with Crippen LogP contribution in [0.15, 0.2) is 29.1 Å². The van der Waals surface area contributed by atoms with Crippen LogP contribution >= 0.6 is 11.3 Å². The van der Waals surface area contributed by atoms with E-state index >= 15 is 0 Å². The summed E-state index contributed by atoms with van der Waals surface area (Å²) in [6, 6.07) is 3.53. The Balaban J connectivity index is 1.31. The molecule has 27 heavy (non-hydrogen) atoms. The number of nitrogens with one attached hydrogen (secondary N) is 2. The topological polar surface area (TPSA) is 91.7 Å². The van der Waals surface area contributed by atoms with Gasteiger partial charge >= 0.3 is 0 Å². The van der Waals surface area contributed by atoms with Crippen LogP contribution < -0.4 is 10.9 Å². The number of hydrazine groups is 1. The maximum atomic E-state index is 12.4. The first kappa shape index (κ1) is 17.8. The second-order valence-corrected chi connectivity index (χ2v) is 8.10. The predicted molar refractivity (Wildman–Crippen MR) is 99.3 cm³/mol. The van der Waals surface area contributed by atoms with E-state index in [9.17, 15) is 14.4 Å². The van der Waals surface area contributed by atoms with Crippen molar-refractivity contribution in [2.24, 2.45) is 5.92 Å². The quantitative estimate of drug-likeness (QED) is 0.790. The van der Waals surface area contributed by atoms with Crippen molar-refractivity contribution in [3.8, 4) is 0 Å². The number of carbonyl (C=O) groups is 3. The molecule has 1 fully saturated rings. The molecule has 0 radical (unpaired) electrons. The van der Waals surface area contributed by atoms with E-state index in [0.717, 1.165) is 25.7 Å². The molecule has 1 aliphatic heterocycles. The molecule has 2 aromatic rings. The predicted octanol–water partition coefficient (Wildman–Crippen LogP) is 2.14. The third-order valence-electron chi connectivity index (χ3n) is 5.12. The van der Waals surface area contributed by atoms with Gasteiger partial charge in [0.05, 0.1) is 22.6 Å². The van der Waals surface area contributed by atoms with Crippen molar-refractivity contribution in [3.63, 3.8) is 0 Å². The number of aryl methyl sites for hydroxylation is 2. The van der Waals surface area contributed by atoms with Crippen LogP contribution in [-0.2, 0) is 17.6 Å². The molecule has 2 aromatic heterocycles. The zero-order valence-corrected chi connectivity index (χ0v) is 15.6. The summed E-state index contributed by atoms with van der Waals surface area (Å²) in [5.41, 5.74) is 6.76. The summed E-state index contributed by atoms with van der Waals surface area (Å²) < 4.78 is 4.96. The Morgan fingerprint density at radius 1 is 1.19 bits per heavy atom. The number of hydrogen-bond acceptors (Lipinski definition) is 5. The van der Waals surface area contributed by atoms with E-state index in [1.165, 1.54) is 34.3 Å². The summed E-state index contributed by atoms with van der Waals surface area (Å²) >= 11 is 1.50. The third kappa shape index (κ3) is 3.75. The Labute approximate surface area is 160 Å². The average Bonchev–Trinajstić information content (AvgIpc) is 3.42. The highest BCUT2D eigenvalue weighted by atomic mass is 32.1. The minimum atomic E-state index is -0.344. The first-order valence-electron chi connectivity index (χ1n) is 9.15. The minimum absolute atomic E-state index is 0.140. The standard InChI is InChI=1S/C19H21N3O4S/c23-17(20-21-18(24)16-9-12-3-1-5-15(12)27-16)13-4-2-7-22(10-13)19(25)14-6-8-26-11-14/h6,8-9,11,13H,1-5,7,10H2,(H,20,23)(H,21,24)/t13-/m0/s1. The molecule has 142 valence electrons. The molecule has 3 amide bonds. The molecule has 2 aliphatic rings. The number of furan rings is 1. The zero-order valence-electron chi connectivity index (χ0n) is 14.8. The fourth-order valence-electron chi connectivity index (χ4n) is 3.67. The Bertz CT molecular complexity index is 837. The number of hydrogen-bond donors (Lipinski definition) is 2. The number of likely N-dealkylation sites (tertiary alicyclic amines) is 1. The van der Waals surface area contributed by atoms with Gasteiger partial charge in [-0.3, -0.25) is 25.2 Å². The van der Waals surface area contributed by atoms with Gasteiger partial charge in [-0.15, -0.1) is 11.3 Å². The van der Waals surface area contributed by atoms with Gasteiger partial charge in [0.25, 0.3) is 11.8 Å². The highest BCUT2D eigenvalue weighted by Gasteiger charge is 2.29. The van der Waals surface area contributed by atoms with Crippen LogP contribution in [0.4, 0.5) is 0 Å². The molecular weight excluding hydrogens is 366 g/mol. The van der Waals surface area contributed by atoms with Crippen molar-refractivity contribution in [2.45, 2.75) is 32.1 Å². The zero-order chi connectivity index (χ0) is 18.8. The van der Waals surface area contributed by atoms with E-state index in [-0.39, 0.29) is 23.6 Å². The number of nitrogens with zero attached hydrogens (tertiary/aromatic N) is 1. The van der Waals surface area contributed by atoms with Crippen molar-refractivity contribution in [1.82, 2.24) is 15.8 Å². The lowest BCUT2D eigenvalue weighted by atomic mass is 9.97. The molecule has 0 bridgehead atoms. The number of amides is 3. The highest BCUT2D eigenvalue weighted by molar-refractivity contribution is 7.14. The summed E-state index contributed by atoms with van der Waals surface area (Å²) in [5, 5.41) is 0. The van der Waals surface area contributed by atoms with Crippen molar-refractivity contribution in [2.75, 3.05) is 13.1 Å². The van der Waals surface area contributed by atoms with Gasteiger partial charge in [0.1, 0.15) is 6.26 Å². The lowest BCUT2D eigenvalue weighted by Crippen LogP contribution is -2.49. The van der Waals surface area contributed by atoms with Gasteiger partial charge < -0.3 is 9.32 Å². The monoisotopic (exact) mass is 387 g/mol. The fourth-order valence-corrected chi connectivity index (χ4v) is 4.82. The van der Waals surface area contributed by atoms with Crippen molar-refractivity contribution in [3.05, 3.63) is 45.5 Å². The minimum Gasteiger partial charge on any atom is -0.472 e. The van der Waals surface area contributed by atoms with E-state index in [4.69, 9.17) is 4.42 Å². The number of fused-ring (bicyclic) bond motifs is 1. The van der Waals surface area contributed by atoms with Gasteiger partial charge in [0.2, 0.25) is 5.91 Å². The first-order chi connectivity index (χ1) is 13.1. The van der Waals surface area contributed by atoms with E-state index in [1.807, 2.05) is 6.07 Å². The molecule has 1 saturated heterocycles. The van der Waals surface area contributed by atoms with Gasteiger partial charge in [0.15, 0.2) is 0 Å². The summed E-state index contributed by atoms with van der Waals surface area (Å²) in [6.45, 7) is 0.944. The number of thiophene rings is 1. The van der Waals surface area contributed by atoms with Gasteiger partial charge in [-0.05, 0) is 49.8 Å². The Morgan fingerprint density at radius 3 is 2.85 bits per heavy atom. The lowest BCUT2D eigenvalue weighted by molar-refractivity contribution is -0.127. The second kappa shape index (κ2) is 7.56. The molecule has 3 heterocycles. The van der Waals surface area contributed by atoms with E-state index in [2.05, 4.69) is 10.9 Å². The molecule has 8 heteroatoms. The first-order valence-corrected chi connectivity index (χ1v) is 9.96. The van der Waals surface area contributed by atoms with Crippen LogP contribution in [0.1, 0.15) is 49.7 Å². The van der Waals surface area contributed by atoms with Crippen LogP contribution in [0.3, 0.4) is 0 Å². The Hall–Kier alpha value is -2.61. The van der Waals surface area contributed by atoms with Gasteiger partial charge in [0, 0.05) is 18.0 Å². The van der Waals surface area contributed by atoms with Crippen molar-refractivity contribution in [1.29, 1.82) is 0 Å². The molecule has 1 aliphatic carbocycles. The number of piperidine rings is 1. The molecule has 1 atom stereocenters. The summed E-state index contributed by atoms with van der Waals surface area (Å²) in [7, 11) is 0. The van der Waals surface area contributed by atoms with Crippen molar-refractivity contribution >= 4 is 29.1 Å². The molecule has 0 aromatic carbocycles. The maximum Gasteiger partial charge on any atom is 0.279 e. The van der Waals surface area contributed by atoms with E-state index in [0.29, 0.717) is 30.0 Å². The molecule has 0 saturated carbocycles. The van der Waals surface area contributed by atoms with Crippen LogP contribution in [0.2, 0.25) is 0 Å². The Kier molecular flexibility index (Phi) is 4.98. The number of rotatable bonds is 3. The summed E-state index contributed by atoms with van der Waals surface area (Å²) in [5.74, 6) is -1.04. The molecular formula is C19H21N3O4S.